The summed E-state index contributed by atoms with van der Waals surface area (Å²) in [6.07, 6.45) is 1.74. The van der Waals surface area contributed by atoms with E-state index in [0.717, 1.165) is 22.4 Å². The Bertz CT molecular complexity index is 965. The van der Waals surface area contributed by atoms with Crippen molar-refractivity contribution in [1.29, 1.82) is 0 Å². The van der Waals surface area contributed by atoms with Gasteiger partial charge < -0.3 is 19.7 Å². The van der Waals surface area contributed by atoms with E-state index in [2.05, 4.69) is 24.9 Å². The molecule has 3 heterocycles. The molecule has 1 saturated heterocycles. The summed E-state index contributed by atoms with van der Waals surface area (Å²) < 4.78 is 14.5. The first kappa shape index (κ1) is 17.6. The zero-order valence-electron chi connectivity index (χ0n) is 14.9. The Morgan fingerprint density at radius 3 is 2.85 bits per heavy atom. The summed E-state index contributed by atoms with van der Waals surface area (Å²) >= 11 is 1.16. The molecule has 1 aromatic carbocycles. The summed E-state index contributed by atoms with van der Waals surface area (Å²) in [4.78, 5) is 23.7. The van der Waals surface area contributed by atoms with Crippen LogP contribution in [-0.2, 0) is 0 Å². The predicted molar refractivity (Wildman–Crippen MR) is 99.2 cm³/mol. The molecule has 1 aliphatic rings. The SMILES string of the molecule is COc1cc2cnc(C3CNCCN3C(=O)c3csnn3)nc2cc1OC. The van der Waals surface area contributed by atoms with Crippen molar-refractivity contribution in [1.82, 2.24) is 29.8 Å². The monoisotopic (exact) mass is 386 g/mol. The maximum Gasteiger partial charge on any atom is 0.276 e. The van der Waals surface area contributed by atoms with Crippen LogP contribution in [-0.4, -0.2) is 64.2 Å². The van der Waals surface area contributed by atoms with Gasteiger partial charge in [-0.1, -0.05) is 4.49 Å². The van der Waals surface area contributed by atoms with E-state index in [1.165, 1.54) is 0 Å². The fourth-order valence-electron chi connectivity index (χ4n) is 3.12. The molecule has 1 fully saturated rings. The highest BCUT2D eigenvalue weighted by Crippen LogP contribution is 2.32. The van der Waals surface area contributed by atoms with Crippen LogP contribution in [0.15, 0.2) is 23.7 Å². The topological polar surface area (TPSA) is 102 Å². The molecular formula is C17H18N6O3S. The summed E-state index contributed by atoms with van der Waals surface area (Å²) in [6, 6.07) is 3.36. The van der Waals surface area contributed by atoms with Gasteiger partial charge >= 0.3 is 0 Å². The van der Waals surface area contributed by atoms with Crippen molar-refractivity contribution < 1.29 is 14.3 Å². The number of hydrogen-bond donors (Lipinski definition) is 1. The number of carbonyl (C=O) groups excluding carboxylic acids is 1. The summed E-state index contributed by atoms with van der Waals surface area (Å²) in [5.74, 6) is 1.62. The minimum absolute atomic E-state index is 0.161. The number of rotatable bonds is 4. The molecule has 0 aliphatic carbocycles. The van der Waals surface area contributed by atoms with E-state index in [1.54, 1.807) is 30.7 Å². The average molecular weight is 386 g/mol. The van der Waals surface area contributed by atoms with Crippen LogP contribution in [0.2, 0.25) is 0 Å². The number of benzene rings is 1. The third-order valence-electron chi connectivity index (χ3n) is 4.49. The zero-order chi connectivity index (χ0) is 18.8. The Labute approximate surface area is 159 Å². The molecule has 1 N–H and O–H groups in total. The lowest BCUT2D eigenvalue weighted by atomic mass is 10.1. The Morgan fingerprint density at radius 2 is 2.11 bits per heavy atom. The van der Waals surface area contributed by atoms with Crippen LogP contribution < -0.4 is 14.8 Å². The van der Waals surface area contributed by atoms with Crippen LogP contribution in [0.25, 0.3) is 10.9 Å². The van der Waals surface area contributed by atoms with Gasteiger partial charge in [-0.3, -0.25) is 4.79 Å². The van der Waals surface area contributed by atoms with Crippen molar-refractivity contribution in [2.45, 2.75) is 6.04 Å². The molecule has 4 rings (SSSR count). The van der Waals surface area contributed by atoms with Gasteiger partial charge in [0.05, 0.1) is 19.7 Å². The summed E-state index contributed by atoms with van der Waals surface area (Å²) in [6.45, 7) is 1.83. The number of aromatic nitrogens is 4. The second-order valence-corrected chi connectivity index (χ2v) is 6.61. The highest BCUT2D eigenvalue weighted by atomic mass is 32.1. The molecule has 9 nitrogen and oxygen atoms in total. The molecule has 1 aliphatic heterocycles. The van der Waals surface area contributed by atoms with Crippen LogP contribution in [0.5, 0.6) is 11.5 Å². The van der Waals surface area contributed by atoms with Crippen LogP contribution in [0.1, 0.15) is 22.4 Å². The minimum Gasteiger partial charge on any atom is -0.493 e. The first-order valence-electron chi connectivity index (χ1n) is 8.38. The van der Waals surface area contributed by atoms with Gasteiger partial charge in [-0.25, -0.2) is 9.97 Å². The van der Waals surface area contributed by atoms with E-state index >= 15 is 0 Å². The predicted octanol–water partition coefficient (Wildman–Crippen LogP) is 1.29. The average Bonchev–Trinajstić information content (AvgIpc) is 3.26. The molecule has 0 spiro atoms. The van der Waals surface area contributed by atoms with Crippen LogP contribution in [0.3, 0.4) is 0 Å². The summed E-state index contributed by atoms with van der Waals surface area (Å²) in [5.41, 5.74) is 1.07. The van der Waals surface area contributed by atoms with Gasteiger partial charge in [0, 0.05) is 42.7 Å². The van der Waals surface area contributed by atoms with Gasteiger partial charge in [0.25, 0.3) is 5.91 Å². The quantitative estimate of drug-likeness (QED) is 0.716. The standard InChI is InChI=1S/C17H18N6O3S/c1-25-14-5-10-7-19-16(20-11(10)6-15(14)26-2)13-8-18-3-4-23(13)17(24)12-9-27-22-21-12/h5-7,9,13,18H,3-4,8H2,1-2H3. The zero-order valence-corrected chi connectivity index (χ0v) is 15.7. The lowest BCUT2D eigenvalue weighted by Gasteiger charge is -2.34. The van der Waals surface area contributed by atoms with Crippen molar-refractivity contribution in [2.24, 2.45) is 0 Å². The molecule has 3 aromatic rings. The largest absolute Gasteiger partial charge is 0.493 e. The van der Waals surface area contributed by atoms with E-state index in [9.17, 15) is 4.79 Å². The van der Waals surface area contributed by atoms with E-state index < -0.39 is 0 Å². The van der Waals surface area contributed by atoms with Crippen molar-refractivity contribution in [3.05, 3.63) is 35.2 Å². The van der Waals surface area contributed by atoms with E-state index in [1.807, 2.05) is 12.1 Å². The highest BCUT2D eigenvalue weighted by molar-refractivity contribution is 7.03. The number of amides is 1. The number of piperazine rings is 1. The Morgan fingerprint density at radius 1 is 1.30 bits per heavy atom. The molecule has 2 aromatic heterocycles. The Hall–Kier alpha value is -2.85. The fourth-order valence-corrected chi connectivity index (χ4v) is 3.55. The first-order chi connectivity index (χ1) is 13.2. The normalized spacial score (nSPS) is 17.1. The molecule has 0 radical (unpaired) electrons. The Balaban J connectivity index is 1.71. The molecule has 10 heteroatoms. The molecule has 1 unspecified atom stereocenters. The highest BCUT2D eigenvalue weighted by Gasteiger charge is 2.31. The minimum atomic E-state index is -0.287. The van der Waals surface area contributed by atoms with Crippen molar-refractivity contribution in [3.8, 4) is 11.5 Å². The lowest BCUT2D eigenvalue weighted by molar-refractivity contribution is 0.0618. The van der Waals surface area contributed by atoms with E-state index in [-0.39, 0.29) is 11.9 Å². The van der Waals surface area contributed by atoms with Gasteiger partial charge in [0.2, 0.25) is 0 Å². The van der Waals surface area contributed by atoms with Crippen molar-refractivity contribution in [3.63, 3.8) is 0 Å². The summed E-state index contributed by atoms with van der Waals surface area (Å²) in [7, 11) is 3.17. The number of carbonyl (C=O) groups is 1. The van der Waals surface area contributed by atoms with Gasteiger partial charge in [-0.05, 0) is 17.6 Å². The molecule has 0 bridgehead atoms. The maximum atomic E-state index is 12.8. The van der Waals surface area contributed by atoms with E-state index in [0.29, 0.717) is 42.7 Å². The number of methoxy groups -OCH3 is 2. The van der Waals surface area contributed by atoms with Gasteiger partial charge in [0.15, 0.2) is 23.0 Å². The van der Waals surface area contributed by atoms with Gasteiger partial charge in [0.1, 0.15) is 6.04 Å². The third kappa shape index (κ3) is 3.28. The number of hydrogen-bond acceptors (Lipinski definition) is 9. The van der Waals surface area contributed by atoms with Gasteiger partial charge in [-0.2, -0.15) is 0 Å². The third-order valence-corrected chi connectivity index (χ3v) is 4.99. The smallest absolute Gasteiger partial charge is 0.276 e. The Kier molecular flexibility index (Phi) is 4.82. The molecule has 1 atom stereocenters. The number of ether oxygens (including phenoxy) is 2. The second-order valence-electron chi connectivity index (χ2n) is 6.00. The van der Waals surface area contributed by atoms with Crippen LogP contribution in [0.4, 0.5) is 0 Å². The second kappa shape index (κ2) is 7.41. The number of nitrogens with zero attached hydrogens (tertiary/aromatic N) is 5. The van der Waals surface area contributed by atoms with Crippen molar-refractivity contribution in [2.75, 3.05) is 33.9 Å². The fraction of sp³-hybridized carbons (Fsp3) is 0.353. The molecule has 1 amide bonds. The van der Waals surface area contributed by atoms with Gasteiger partial charge in [-0.15, -0.1) is 5.10 Å². The molecule has 140 valence electrons. The first-order valence-corrected chi connectivity index (χ1v) is 9.22. The lowest BCUT2D eigenvalue weighted by Crippen LogP contribution is -2.49. The molecular weight excluding hydrogens is 368 g/mol. The van der Waals surface area contributed by atoms with Crippen molar-refractivity contribution >= 4 is 28.3 Å². The number of nitrogens with one attached hydrogen (secondary N) is 1. The van der Waals surface area contributed by atoms with E-state index in [4.69, 9.17) is 9.47 Å². The number of fused-ring (bicyclic) bond motifs is 1. The molecule has 27 heavy (non-hydrogen) atoms. The maximum absolute atomic E-state index is 12.8. The van der Waals surface area contributed by atoms with Crippen LogP contribution >= 0.6 is 11.5 Å². The van der Waals surface area contributed by atoms with Crippen LogP contribution in [0, 0.1) is 0 Å². The summed E-state index contributed by atoms with van der Waals surface area (Å²) in [5, 5.41) is 9.68. The molecule has 0 saturated carbocycles.